The van der Waals surface area contributed by atoms with E-state index in [1.807, 2.05) is 0 Å². The summed E-state index contributed by atoms with van der Waals surface area (Å²) in [5.74, 6) is 0.779. The Morgan fingerprint density at radius 1 is 1.16 bits per heavy atom. The van der Waals surface area contributed by atoms with Crippen molar-refractivity contribution < 1.29 is 5.11 Å². The maximum Gasteiger partial charge on any atom is 0.0667 e. The van der Waals surface area contributed by atoms with E-state index in [-0.39, 0.29) is 6.10 Å². The van der Waals surface area contributed by atoms with Crippen LogP contribution in [-0.4, -0.2) is 24.3 Å². The van der Waals surface area contributed by atoms with Crippen LogP contribution in [0.25, 0.3) is 0 Å². The predicted octanol–water partition coefficient (Wildman–Crippen LogP) is 3.15. The van der Waals surface area contributed by atoms with E-state index in [1.165, 1.54) is 31.2 Å². The minimum Gasteiger partial charge on any atom is -0.392 e. The third kappa shape index (κ3) is 5.75. The van der Waals surface area contributed by atoms with Gasteiger partial charge in [0.1, 0.15) is 0 Å². The number of aliphatic hydroxyl groups excluding tert-OH is 1. The summed E-state index contributed by atoms with van der Waals surface area (Å²) in [5.41, 5.74) is 1.40. The fourth-order valence-corrected chi connectivity index (χ4v) is 3.05. The van der Waals surface area contributed by atoms with Crippen molar-refractivity contribution in [1.82, 2.24) is 5.32 Å². The molecule has 1 aliphatic rings. The van der Waals surface area contributed by atoms with Gasteiger partial charge in [-0.3, -0.25) is 0 Å². The Bertz CT molecular complexity index is 332. The van der Waals surface area contributed by atoms with Crippen LogP contribution >= 0.6 is 0 Å². The highest BCUT2D eigenvalue weighted by Gasteiger charge is 2.18. The van der Waals surface area contributed by atoms with Gasteiger partial charge in [-0.1, -0.05) is 56.0 Å². The van der Waals surface area contributed by atoms with Gasteiger partial charge in [-0.05, 0) is 37.3 Å². The van der Waals surface area contributed by atoms with Crippen LogP contribution in [0.15, 0.2) is 30.3 Å². The molecule has 0 amide bonds. The molecule has 1 aliphatic carbocycles. The molecule has 2 heteroatoms. The van der Waals surface area contributed by atoms with Crippen LogP contribution in [0.1, 0.15) is 44.1 Å². The number of nitrogens with one attached hydrogen (secondary N) is 1. The van der Waals surface area contributed by atoms with Gasteiger partial charge < -0.3 is 10.4 Å². The zero-order valence-corrected chi connectivity index (χ0v) is 11.9. The Labute approximate surface area is 117 Å². The van der Waals surface area contributed by atoms with Gasteiger partial charge in [0.2, 0.25) is 0 Å². The highest BCUT2D eigenvalue weighted by molar-refractivity contribution is 5.14. The second-order valence-electron chi connectivity index (χ2n) is 5.83. The van der Waals surface area contributed by atoms with Gasteiger partial charge in [0.25, 0.3) is 0 Å². The molecule has 0 saturated heterocycles. The SMILES string of the molecule is OC(CNCCCc1ccccc1)CC1CCCC1. The van der Waals surface area contributed by atoms with Crippen molar-refractivity contribution in [2.45, 2.75) is 51.0 Å². The van der Waals surface area contributed by atoms with Crippen LogP contribution in [0.3, 0.4) is 0 Å². The summed E-state index contributed by atoms with van der Waals surface area (Å²) in [6, 6.07) is 10.6. The number of benzene rings is 1. The molecule has 0 heterocycles. The molecule has 1 aromatic rings. The lowest BCUT2D eigenvalue weighted by atomic mass is 10.00. The van der Waals surface area contributed by atoms with E-state index in [9.17, 15) is 5.11 Å². The Balaban J connectivity index is 1.49. The molecule has 2 rings (SSSR count). The van der Waals surface area contributed by atoms with Gasteiger partial charge in [-0.15, -0.1) is 0 Å². The second-order valence-corrected chi connectivity index (χ2v) is 5.83. The van der Waals surface area contributed by atoms with E-state index < -0.39 is 0 Å². The van der Waals surface area contributed by atoms with Crippen molar-refractivity contribution in [3.63, 3.8) is 0 Å². The highest BCUT2D eigenvalue weighted by atomic mass is 16.3. The van der Waals surface area contributed by atoms with Crippen molar-refractivity contribution in [3.05, 3.63) is 35.9 Å². The van der Waals surface area contributed by atoms with E-state index in [0.717, 1.165) is 38.3 Å². The zero-order chi connectivity index (χ0) is 13.3. The molecule has 1 saturated carbocycles. The third-order valence-electron chi connectivity index (χ3n) is 4.12. The Morgan fingerprint density at radius 2 is 1.89 bits per heavy atom. The first-order valence-corrected chi connectivity index (χ1v) is 7.77. The van der Waals surface area contributed by atoms with Crippen molar-refractivity contribution >= 4 is 0 Å². The van der Waals surface area contributed by atoms with E-state index in [4.69, 9.17) is 0 Å². The molecule has 2 N–H and O–H groups in total. The molecule has 0 spiro atoms. The molecule has 0 aromatic heterocycles. The summed E-state index contributed by atoms with van der Waals surface area (Å²) in [5, 5.41) is 13.3. The first-order chi connectivity index (χ1) is 9.34. The molecule has 1 unspecified atom stereocenters. The number of hydrogen-bond donors (Lipinski definition) is 2. The molecule has 0 bridgehead atoms. The number of aryl methyl sites for hydroxylation is 1. The Kier molecular flexibility index (Phi) is 6.38. The summed E-state index contributed by atoms with van der Waals surface area (Å²) in [4.78, 5) is 0. The molecule has 1 fully saturated rings. The molecule has 106 valence electrons. The maximum atomic E-state index is 9.96. The largest absolute Gasteiger partial charge is 0.392 e. The average Bonchev–Trinajstić information content (AvgIpc) is 2.92. The summed E-state index contributed by atoms with van der Waals surface area (Å²) in [6.07, 6.45) is 8.47. The summed E-state index contributed by atoms with van der Waals surface area (Å²) < 4.78 is 0. The number of hydrogen-bond acceptors (Lipinski definition) is 2. The number of rotatable bonds is 8. The van der Waals surface area contributed by atoms with Gasteiger partial charge in [0, 0.05) is 6.54 Å². The van der Waals surface area contributed by atoms with E-state index >= 15 is 0 Å². The molecule has 1 atom stereocenters. The minimum absolute atomic E-state index is 0.153. The minimum atomic E-state index is -0.153. The lowest BCUT2D eigenvalue weighted by molar-refractivity contribution is 0.141. The van der Waals surface area contributed by atoms with Crippen molar-refractivity contribution in [1.29, 1.82) is 0 Å². The molecule has 0 aliphatic heterocycles. The molecule has 19 heavy (non-hydrogen) atoms. The monoisotopic (exact) mass is 261 g/mol. The highest BCUT2D eigenvalue weighted by Crippen LogP contribution is 2.28. The van der Waals surface area contributed by atoms with E-state index in [1.54, 1.807) is 0 Å². The van der Waals surface area contributed by atoms with Crippen LogP contribution in [0.5, 0.6) is 0 Å². The predicted molar refractivity (Wildman–Crippen MR) is 80.2 cm³/mol. The molecular weight excluding hydrogens is 234 g/mol. The topological polar surface area (TPSA) is 32.3 Å². The van der Waals surface area contributed by atoms with E-state index in [2.05, 4.69) is 35.6 Å². The zero-order valence-electron chi connectivity index (χ0n) is 11.9. The normalized spacial score (nSPS) is 17.7. The van der Waals surface area contributed by atoms with Crippen LogP contribution in [0.2, 0.25) is 0 Å². The van der Waals surface area contributed by atoms with Gasteiger partial charge in [0.05, 0.1) is 6.10 Å². The molecule has 1 aromatic carbocycles. The van der Waals surface area contributed by atoms with Crippen LogP contribution in [0.4, 0.5) is 0 Å². The van der Waals surface area contributed by atoms with Crippen molar-refractivity contribution in [3.8, 4) is 0 Å². The average molecular weight is 261 g/mol. The lowest BCUT2D eigenvalue weighted by Crippen LogP contribution is -2.29. The van der Waals surface area contributed by atoms with Crippen LogP contribution < -0.4 is 5.32 Å². The second kappa shape index (κ2) is 8.34. The third-order valence-corrected chi connectivity index (χ3v) is 4.12. The fourth-order valence-electron chi connectivity index (χ4n) is 3.05. The van der Waals surface area contributed by atoms with Gasteiger partial charge in [0.15, 0.2) is 0 Å². The van der Waals surface area contributed by atoms with Gasteiger partial charge in [-0.2, -0.15) is 0 Å². The molecular formula is C17H27NO. The lowest BCUT2D eigenvalue weighted by Gasteiger charge is -2.15. The quantitative estimate of drug-likeness (QED) is 0.705. The van der Waals surface area contributed by atoms with Crippen molar-refractivity contribution in [2.24, 2.45) is 5.92 Å². The maximum absolute atomic E-state index is 9.96. The van der Waals surface area contributed by atoms with Gasteiger partial charge >= 0.3 is 0 Å². The molecule has 2 nitrogen and oxygen atoms in total. The van der Waals surface area contributed by atoms with E-state index in [0.29, 0.717) is 0 Å². The summed E-state index contributed by atoms with van der Waals surface area (Å²) >= 11 is 0. The Hall–Kier alpha value is -0.860. The summed E-state index contributed by atoms with van der Waals surface area (Å²) in [7, 11) is 0. The smallest absolute Gasteiger partial charge is 0.0667 e. The van der Waals surface area contributed by atoms with Crippen molar-refractivity contribution in [2.75, 3.05) is 13.1 Å². The van der Waals surface area contributed by atoms with Crippen LogP contribution in [0, 0.1) is 5.92 Å². The first-order valence-electron chi connectivity index (χ1n) is 7.77. The first kappa shape index (κ1) is 14.5. The fraction of sp³-hybridized carbons (Fsp3) is 0.647. The summed E-state index contributed by atoms with van der Waals surface area (Å²) in [6.45, 7) is 1.75. The van der Waals surface area contributed by atoms with Gasteiger partial charge in [-0.25, -0.2) is 0 Å². The Morgan fingerprint density at radius 3 is 2.63 bits per heavy atom. The molecule has 0 radical (unpaired) electrons. The van der Waals surface area contributed by atoms with Crippen LogP contribution in [-0.2, 0) is 6.42 Å². The standard InChI is InChI=1S/C17H27NO/c19-17(13-16-9-4-5-10-16)14-18-12-6-11-15-7-2-1-3-8-15/h1-3,7-8,16-19H,4-6,9-14H2. The number of aliphatic hydroxyl groups is 1.